The Balaban J connectivity index is 2.78. The summed E-state index contributed by atoms with van der Waals surface area (Å²) in [6, 6.07) is 6.83. The number of sulfonamides is 1. The first-order valence-electron chi connectivity index (χ1n) is 7.45. The first-order valence-corrected chi connectivity index (χ1v) is 8.89. The van der Waals surface area contributed by atoms with Crippen molar-refractivity contribution < 1.29 is 8.42 Å². The van der Waals surface area contributed by atoms with Gasteiger partial charge in [0.1, 0.15) is 0 Å². The first kappa shape index (κ1) is 18.4. The fourth-order valence-electron chi connectivity index (χ4n) is 1.73. The molecule has 0 radical (unpaired) electrons. The third kappa shape index (κ3) is 5.31. The van der Waals surface area contributed by atoms with E-state index >= 15 is 0 Å². The molecule has 0 aromatic heterocycles. The van der Waals surface area contributed by atoms with Gasteiger partial charge in [0.25, 0.3) is 0 Å². The molecule has 22 heavy (non-hydrogen) atoms. The molecule has 2 N–H and O–H groups in total. The minimum absolute atomic E-state index is 0.293. The number of hydrogen-bond acceptors (Lipinski definition) is 3. The molecule has 0 bridgehead atoms. The maximum atomic E-state index is 12.0. The van der Waals surface area contributed by atoms with Gasteiger partial charge in [-0.15, -0.1) is 0 Å². The molecule has 0 unspecified atom stereocenters. The van der Waals surface area contributed by atoms with Gasteiger partial charge in [0, 0.05) is 27.2 Å². The van der Waals surface area contributed by atoms with Crippen molar-refractivity contribution in [3.63, 3.8) is 0 Å². The Kier molecular flexibility index (Phi) is 7.34. The Morgan fingerprint density at radius 3 is 2.27 bits per heavy atom. The number of nitrogens with one attached hydrogen (secondary N) is 2. The number of aliphatic imine (C=N–C) groups is 1. The predicted molar refractivity (Wildman–Crippen MR) is 90.4 cm³/mol. The van der Waals surface area contributed by atoms with Crippen LogP contribution in [0.15, 0.2) is 34.2 Å². The molecule has 0 atom stereocenters. The maximum absolute atomic E-state index is 12.0. The van der Waals surface area contributed by atoms with Gasteiger partial charge in [0.2, 0.25) is 10.0 Å². The van der Waals surface area contributed by atoms with E-state index in [-0.39, 0.29) is 0 Å². The van der Waals surface area contributed by atoms with Crippen molar-refractivity contribution in [3.05, 3.63) is 29.8 Å². The maximum Gasteiger partial charge on any atom is 0.242 e. The molecule has 7 heteroatoms. The van der Waals surface area contributed by atoms with Gasteiger partial charge in [0.05, 0.1) is 11.4 Å². The van der Waals surface area contributed by atoms with Crippen molar-refractivity contribution in [1.82, 2.24) is 14.9 Å². The second-order valence-electron chi connectivity index (χ2n) is 5.05. The molecule has 0 aliphatic heterocycles. The summed E-state index contributed by atoms with van der Waals surface area (Å²) in [5, 5.41) is 6.40. The van der Waals surface area contributed by atoms with Crippen molar-refractivity contribution in [2.45, 2.75) is 31.7 Å². The van der Waals surface area contributed by atoms with Crippen LogP contribution in [0.25, 0.3) is 0 Å². The third-order valence-electron chi connectivity index (χ3n) is 3.01. The minimum Gasteiger partial charge on any atom is -0.357 e. The molecule has 1 aromatic rings. The minimum atomic E-state index is -3.37. The van der Waals surface area contributed by atoms with Crippen LogP contribution >= 0.6 is 0 Å². The largest absolute Gasteiger partial charge is 0.357 e. The van der Waals surface area contributed by atoms with Gasteiger partial charge in [-0.2, -0.15) is 0 Å². The van der Waals surface area contributed by atoms with Crippen molar-refractivity contribution >= 4 is 16.0 Å². The van der Waals surface area contributed by atoms with Crippen LogP contribution in [0, 0.1) is 0 Å². The molecule has 0 aliphatic rings. The van der Waals surface area contributed by atoms with E-state index in [0.29, 0.717) is 11.4 Å². The summed E-state index contributed by atoms with van der Waals surface area (Å²) in [6.07, 6.45) is 1.03. The highest BCUT2D eigenvalue weighted by Gasteiger charge is 2.16. The monoisotopic (exact) mass is 326 g/mol. The lowest BCUT2D eigenvalue weighted by atomic mass is 10.2. The smallest absolute Gasteiger partial charge is 0.242 e. The summed E-state index contributed by atoms with van der Waals surface area (Å²) < 4.78 is 25.2. The van der Waals surface area contributed by atoms with Crippen LogP contribution in [0.5, 0.6) is 0 Å². The second-order valence-corrected chi connectivity index (χ2v) is 7.21. The van der Waals surface area contributed by atoms with E-state index in [1.165, 1.54) is 18.4 Å². The van der Waals surface area contributed by atoms with Gasteiger partial charge in [-0.05, 0) is 31.0 Å². The lowest BCUT2D eigenvalue weighted by Gasteiger charge is -2.12. The van der Waals surface area contributed by atoms with E-state index < -0.39 is 10.0 Å². The molecule has 0 spiro atoms. The Labute approximate surface area is 133 Å². The number of hydrogen-bond donors (Lipinski definition) is 2. The summed E-state index contributed by atoms with van der Waals surface area (Å²) in [5.74, 6) is 0.773. The quantitative estimate of drug-likeness (QED) is 0.587. The highest BCUT2D eigenvalue weighted by atomic mass is 32.2. The van der Waals surface area contributed by atoms with E-state index in [0.717, 1.165) is 31.0 Å². The Morgan fingerprint density at radius 1 is 1.14 bits per heavy atom. The zero-order chi connectivity index (χ0) is 16.6. The lowest BCUT2D eigenvalue weighted by Crippen LogP contribution is -2.37. The van der Waals surface area contributed by atoms with Gasteiger partial charge < -0.3 is 10.6 Å². The third-order valence-corrected chi connectivity index (χ3v) is 4.84. The molecular weight excluding hydrogens is 300 g/mol. The molecule has 0 saturated heterocycles. The molecule has 6 nitrogen and oxygen atoms in total. The molecule has 124 valence electrons. The van der Waals surface area contributed by atoms with E-state index in [1.54, 1.807) is 24.3 Å². The molecule has 0 heterocycles. The molecule has 0 amide bonds. The van der Waals surface area contributed by atoms with Crippen molar-refractivity contribution in [3.8, 4) is 0 Å². The Morgan fingerprint density at radius 2 is 1.77 bits per heavy atom. The highest BCUT2D eigenvalue weighted by molar-refractivity contribution is 7.89. The zero-order valence-electron chi connectivity index (χ0n) is 13.8. The average Bonchev–Trinajstić information content (AvgIpc) is 2.50. The summed E-state index contributed by atoms with van der Waals surface area (Å²) >= 11 is 0. The van der Waals surface area contributed by atoms with Crippen LogP contribution in [-0.2, 0) is 16.6 Å². The van der Waals surface area contributed by atoms with Gasteiger partial charge in [-0.3, -0.25) is 0 Å². The van der Waals surface area contributed by atoms with Gasteiger partial charge in [0.15, 0.2) is 5.96 Å². The van der Waals surface area contributed by atoms with Crippen LogP contribution in [0.2, 0.25) is 0 Å². The topological polar surface area (TPSA) is 73.8 Å². The molecule has 0 aliphatic carbocycles. The first-order chi connectivity index (χ1) is 10.4. The molecular formula is C15H26N4O2S. The van der Waals surface area contributed by atoms with E-state index in [4.69, 9.17) is 0 Å². The summed E-state index contributed by atoms with van der Waals surface area (Å²) in [6.45, 7) is 6.28. The fourth-order valence-corrected chi connectivity index (χ4v) is 2.63. The van der Waals surface area contributed by atoms with Crippen LogP contribution in [0.3, 0.4) is 0 Å². The van der Waals surface area contributed by atoms with Crippen molar-refractivity contribution in [2.75, 3.05) is 27.2 Å². The highest BCUT2D eigenvalue weighted by Crippen LogP contribution is 2.14. The normalized spacial score (nSPS) is 12.5. The lowest BCUT2D eigenvalue weighted by molar-refractivity contribution is 0.520. The standard InChI is InChI=1S/C15H26N4O2S/c1-5-11-17-15(16-6-2)18-12-13-7-9-14(10-8-13)22(20,21)19(3)4/h7-10H,5-6,11-12H2,1-4H3,(H2,16,17,18). The summed E-state index contributed by atoms with van der Waals surface area (Å²) in [5.41, 5.74) is 0.964. The predicted octanol–water partition coefficient (Wildman–Crippen LogP) is 1.40. The van der Waals surface area contributed by atoms with E-state index in [2.05, 4.69) is 22.5 Å². The molecule has 1 rings (SSSR count). The van der Waals surface area contributed by atoms with Crippen LogP contribution in [-0.4, -0.2) is 45.9 Å². The van der Waals surface area contributed by atoms with E-state index in [9.17, 15) is 8.42 Å². The van der Waals surface area contributed by atoms with Crippen LogP contribution in [0.4, 0.5) is 0 Å². The second kappa shape index (κ2) is 8.75. The Bertz CT molecular complexity index is 580. The van der Waals surface area contributed by atoms with Crippen LogP contribution in [0.1, 0.15) is 25.8 Å². The zero-order valence-corrected chi connectivity index (χ0v) is 14.6. The number of benzene rings is 1. The molecule has 1 aromatic carbocycles. The van der Waals surface area contributed by atoms with Crippen molar-refractivity contribution in [2.24, 2.45) is 4.99 Å². The van der Waals surface area contributed by atoms with Gasteiger partial charge in [-0.1, -0.05) is 19.1 Å². The van der Waals surface area contributed by atoms with E-state index in [1.807, 2.05) is 6.92 Å². The number of guanidine groups is 1. The van der Waals surface area contributed by atoms with Gasteiger partial charge >= 0.3 is 0 Å². The molecule has 0 saturated carbocycles. The van der Waals surface area contributed by atoms with Crippen LogP contribution < -0.4 is 10.6 Å². The average molecular weight is 326 g/mol. The molecule has 0 fully saturated rings. The van der Waals surface area contributed by atoms with Crippen molar-refractivity contribution in [1.29, 1.82) is 0 Å². The number of rotatable bonds is 7. The summed E-state index contributed by atoms with van der Waals surface area (Å²) in [4.78, 5) is 4.78. The fraction of sp³-hybridized carbons (Fsp3) is 0.533. The summed E-state index contributed by atoms with van der Waals surface area (Å²) in [7, 11) is -0.326. The Hall–Kier alpha value is -1.60. The SMILES string of the molecule is CCCNC(=NCc1ccc(S(=O)(=O)N(C)C)cc1)NCC. The van der Waals surface area contributed by atoms with Gasteiger partial charge in [-0.25, -0.2) is 17.7 Å². The number of nitrogens with zero attached hydrogens (tertiary/aromatic N) is 2.